The zero-order valence-corrected chi connectivity index (χ0v) is 9.91. The number of phenols is 1. The number of carbonyl (C=O) groups is 1. The average Bonchev–Trinajstić information content (AvgIpc) is 2.26. The number of aromatic hydroxyl groups is 1. The van der Waals surface area contributed by atoms with Crippen LogP contribution in [0.4, 0.5) is 13.2 Å². The number of benzene rings is 1. The highest BCUT2D eigenvalue weighted by Crippen LogP contribution is 2.38. The van der Waals surface area contributed by atoms with Gasteiger partial charge in [-0.25, -0.2) is 0 Å². The van der Waals surface area contributed by atoms with Gasteiger partial charge in [0.05, 0.1) is 24.7 Å². The van der Waals surface area contributed by atoms with Gasteiger partial charge < -0.3 is 9.84 Å². The Morgan fingerprint density at radius 2 is 2.11 bits per heavy atom. The Bertz CT molecular complexity index is 532. The van der Waals surface area contributed by atoms with Crippen molar-refractivity contribution in [3.63, 3.8) is 0 Å². The first kappa shape index (κ1) is 14.8. The van der Waals surface area contributed by atoms with Gasteiger partial charge in [0, 0.05) is 0 Å². The highest BCUT2D eigenvalue weighted by Gasteiger charge is 2.37. The molecule has 0 aliphatic rings. The number of hydrogen-bond donors (Lipinski definition) is 1. The van der Waals surface area contributed by atoms with E-state index in [2.05, 4.69) is 4.74 Å². The molecule has 1 rings (SSSR count). The number of esters is 1. The molecule has 0 saturated heterocycles. The van der Waals surface area contributed by atoms with E-state index < -0.39 is 29.0 Å². The number of rotatable bonds is 3. The lowest BCUT2D eigenvalue weighted by molar-refractivity contribution is -0.142. The molecule has 0 saturated carbocycles. The molecule has 0 amide bonds. The van der Waals surface area contributed by atoms with Crippen LogP contribution in [-0.2, 0) is 22.1 Å². The third kappa shape index (κ3) is 3.61. The summed E-state index contributed by atoms with van der Waals surface area (Å²) in [5.74, 6) is -1.73. The molecule has 0 aliphatic heterocycles. The monoisotopic (exact) mass is 273 g/mol. The van der Waals surface area contributed by atoms with Crippen LogP contribution < -0.4 is 0 Å². The molecule has 0 atom stereocenters. The van der Waals surface area contributed by atoms with E-state index in [-0.39, 0.29) is 18.6 Å². The van der Waals surface area contributed by atoms with E-state index in [4.69, 9.17) is 5.26 Å². The minimum absolute atomic E-state index is 0.0838. The number of nitriles is 1. The summed E-state index contributed by atoms with van der Waals surface area (Å²) in [7, 11) is 0. The van der Waals surface area contributed by atoms with Crippen LogP contribution in [0.15, 0.2) is 12.1 Å². The van der Waals surface area contributed by atoms with Crippen LogP contribution in [0.1, 0.15) is 23.6 Å². The van der Waals surface area contributed by atoms with Crippen molar-refractivity contribution in [3.05, 3.63) is 28.8 Å². The van der Waals surface area contributed by atoms with Crippen molar-refractivity contribution in [1.82, 2.24) is 0 Å². The van der Waals surface area contributed by atoms with Gasteiger partial charge in [-0.05, 0) is 24.6 Å². The maximum absolute atomic E-state index is 12.6. The minimum Gasteiger partial charge on any atom is -0.507 e. The largest absolute Gasteiger partial charge is 0.507 e. The van der Waals surface area contributed by atoms with Gasteiger partial charge in [-0.15, -0.1) is 0 Å². The molecular weight excluding hydrogens is 263 g/mol. The van der Waals surface area contributed by atoms with Crippen LogP contribution in [0.2, 0.25) is 0 Å². The lowest BCUT2D eigenvalue weighted by Crippen LogP contribution is -2.11. The third-order valence-electron chi connectivity index (χ3n) is 2.24. The van der Waals surface area contributed by atoms with Crippen LogP contribution >= 0.6 is 0 Å². The summed E-state index contributed by atoms with van der Waals surface area (Å²) < 4.78 is 42.5. The fourth-order valence-corrected chi connectivity index (χ4v) is 1.55. The topological polar surface area (TPSA) is 70.3 Å². The van der Waals surface area contributed by atoms with Crippen molar-refractivity contribution in [2.75, 3.05) is 6.61 Å². The summed E-state index contributed by atoms with van der Waals surface area (Å²) in [5, 5.41) is 18.0. The Morgan fingerprint density at radius 1 is 1.47 bits per heavy atom. The van der Waals surface area contributed by atoms with E-state index >= 15 is 0 Å². The van der Waals surface area contributed by atoms with E-state index in [0.717, 1.165) is 12.1 Å². The van der Waals surface area contributed by atoms with Gasteiger partial charge >= 0.3 is 12.1 Å². The summed E-state index contributed by atoms with van der Waals surface area (Å²) in [6.07, 6.45) is -5.15. The Labute approximate surface area is 107 Å². The van der Waals surface area contributed by atoms with Gasteiger partial charge in [0.2, 0.25) is 0 Å². The highest BCUT2D eigenvalue weighted by molar-refractivity contribution is 5.73. The van der Waals surface area contributed by atoms with Crippen LogP contribution in [0.3, 0.4) is 0 Å². The maximum atomic E-state index is 12.6. The number of phenolic OH excluding ortho intramolecular Hbond substituents is 1. The van der Waals surface area contributed by atoms with Gasteiger partial charge in [0.15, 0.2) is 0 Å². The van der Waals surface area contributed by atoms with Crippen molar-refractivity contribution in [2.45, 2.75) is 19.5 Å². The molecule has 0 heterocycles. The van der Waals surface area contributed by atoms with Crippen molar-refractivity contribution < 1.29 is 27.8 Å². The predicted octanol–water partition coefficient (Wildman–Crippen LogP) is 2.39. The second-order valence-electron chi connectivity index (χ2n) is 3.63. The number of halogens is 3. The Kier molecular flexibility index (Phi) is 4.38. The average molecular weight is 273 g/mol. The molecule has 0 fully saturated rings. The number of alkyl halides is 3. The number of carbonyl (C=O) groups excluding carboxylic acids is 1. The van der Waals surface area contributed by atoms with Crippen molar-refractivity contribution in [1.29, 1.82) is 5.26 Å². The van der Waals surface area contributed by atoms with Gasteiger partial charge in [0.1, 0.15) is 11.3 Å². The van der Waals surface area contributed by atoms with Crippen LogP contribution in [0, 0.1) is 11.3 Å². The smallest absolute Gasteiger partial charge is 0.421 e. The van der Waals surface area contributed by atoms with Crippen LogP contribution in [-0.4, -0.2) is 17.7 Å². The quantitative estimate of drug-likeness (QED) is 0.858. The second kappa shape index (κ2) is 5.61. The number of hydrogen-bond acceptors (Lipinski definition) is 4. The second-order valence-corrected chi connectivity index (χ2v) is 3.63. The molecule has 19 heavy (non-hydrogen) atoms. The van der Waals surface area contributed by atoms with Gasteiger partial charge in [-0.3, -0.25) is 4.79 Å². The van der Waals surface area contributed by atoms with E-state index in [1.54, 1.807) is 6.92 Å². The van der Waals surface area contributed by atoms with E-state index in [1.165, 1.54) is 6.07 Å². The molecule has 7 heteroatoms. The highest BCUT2D eigenvalue weighted by atomic mass is 19.4. The number of nitrogens with zero attached hydrogens (tertiary/aromatic N) is 1. The first-order valence-electron chi connectivity index (χ1n) is 5.28. The van der Waals surface area contributed by atoms with E-state index in [1.807, 2.05) is 0 Å². The first-order valence-corrected chi connectivity index (χ1v) is 5.28. The summed E-state index contributed by atoms with van der Waals surface area (Å²) in [6, 6.07) is 3.08. The van der Waals surface area contributed by atoms with E-state index in [9.17, 15) is 23.1 Å². The van der Waals surface area contributed by atoms with Gasteiger partial charge in [-0.2, -0.15) is 18.4 Å². The lowest BCUT2D eigenvalue weighted by atomic mass is 10.0. The van der Waals surface area contributed by atoms with Crippen LogP contribution in [0.5, 0.6) is 5.75 Å². The first-order chi connectivity index (χ1) is 8.79. The Morgan fingerprint density at radius 3 is 2.58 bits per heavy atom. The molecule has 0 aromatic heterocycles. The Balaban J connectivity index is 3.18. The molecule has 1 aromatic carbocycles. The van der Waals surface area contributed by atoms with Crippen molar-refractivity contribution in [3.8, 4) is 11.8 Å². The Hall–Kier alpha value is -2.23. The number of ether oxygens (including phenoxy) is 1. The van der Waals surface area contributed by atoms with Gasteiger partial charge in [0.25, 0.3) is 0 Å². The zero-order valence-electron chi connectivity index (χ0n) is 9.91. The molecule has 0 unspecified atom stereocenters. The molecule has 1 N–H and O–H groups in total. The summed E-state index contributed by atoms with van der Waals surface area (Å²) in [4.78, 5) is 11.2. The molecule has 0 bridgehead atoms. The van der Waals surface area contributed by atoms with Crippen molar-refractivity contribution in [2.24, 2.45) is 0 Å². The fraction of sp³-hybridized carbons (Fsp3) is 0.333. The molecule has 1 aromatic rings. The zero-order chi connectivity index (χ0) is 14.6. The molecular formula is C12H10F3NO3. The minimum atomic E-state index is -4.84. The third-order valence-corrected chi connectivity index (χ3v) is 2.24. The predicted molar refractivity (Wildman–Crippen MR) is 58.2 cm³/mol. The normalized spacial score (nSPS) is 10.9. The molecule has 0 spiro atoms. The molecule has 0 aliphatic carbocycles. The standard InChI is InChI=1S/C12H10F3NO3/c1-2-19-10(18)5-7-3-8(6-16)11(9(17)4-7)12(13,14)15/h3-4,17H,2,5H2,1H3. The maximum Gasteiger partial charge on any atom is 0.421 e. The summed E-state index contributed by atoms with van der Waals surface area (Å²) in [6.45, 7) is 1.72. The van der Waals surface area contributed by atoms with Crippen molar-refractivity contribution >= 4 is 5.97 Å². The molecule has 0 radical (unpaired) electrons. The van der Waals surface area contributed by atoms with Crippen LogP contribution in [0.25, 0.3) is 0 Å². The van der Waals surface area contributed by atoms with E-state index in [0.29, 0.717) is 0 Å². The fourth-order valence-electron chi connectivity index (χ4n) is 1.55. The molecule has 102 valence electrons. The van der Waals surface area contributed by atoms with Gasteiger partial charge in [-0.1, -0.05) is 0 Å². The SMILES string of the molecule is CCOC(=O)Cc1cc(O)c(C(F)(F)F)c(C#N)c1. The lowest BCUT2D eigenvalue weighted by Gasteiger charge is -2.12. The summed E-state index contributed by atoms with van der Waals surface area (Å²) in [5.41, 5.74) is -2.05. The summed E-state index contributed by atoms with van der Waals surface area (Å²) >= 11 is 0. The molecule has 4 nitrogen and oxygen atoms in total.